The molecule has 0 radical (unpaired) electrons. The number of methoxy groups -OCH3 is 1. The number of thioether (sulfide) groups is 1. The summed E-state index contributed by atoms with van der Waals surface area (Å²) in [5.41, 5.74) is 7.41. The summed E-state index contributed by atoms with van der Waals surface area (Å²) in [6, 6.07) is 13.3. The largest absolute Gasteiger partial charge is 0.497 e. The van der Waals surface area contributed by atoms with Gasteiger partial charge >= 0.3 is 0 Å². The lowest BCUT2D eigenvalue weighted by Crippen LogP contribution is -2.49. The van der Waals surface area contributed by atoms with Gasteiger partial charge in [-0.2, -0.15) is 10.5 Å². The first kappa shape index (κ1) is 20.3. The zero-order valence-electron chi connectivity index (χ0n) is 16.0. The van der Waals surface area contributed by atoms with E-state index in [1.807, 2.05) is 41.3 Å². The molecule has 0 aliphatic carbocycles. The molecular weight excluding hydrogens is 388 g/mol. The molecule has 8 nitrogen and oxygen atoms in total. The van der Waals surface area contributed by atoms with Gasteiger partial charge in [-0.05, 0) is 30.3 Å². The van der Waals surface area contributed by atoms with E-state index in [4.69, 9.17) is 15.7 Å². The van der Waals surface area contributed by atoms with Gasteiger partial charge in [-0.3, -0.25) is 10.5 Å². The normalized spacial score (nSPS) is 13.5. The number of ether oxygens (including phenoxy) is 1. The summed E-state index contributed by atoms with van der Waals surface area (Å²) in [6.07, 6.45) is 0. The summed E-state index contributed by atoms with van der Waals surface area (Å²) in [4.78, 5) is 19.5. The van der Waals surface area contributed by atoms with Crippen LogP contribution in [0.25, 0.3) is 0 Å². The summed E-state index contributed by atoms with van der Waals surface area (Å²) >= 11 is 1.22. The molecule has 1 saturated heterocycles. The Balaban J connectivity index is 1.56. The first-order chi connectivity index (χ1) is 14.0. The van der Waals surface area contributed by atoms with Crippen LogP contribution in [0.15, 0.2) is 35.4 Å². The molecule has 0 saturated carbocycles. The highest BCUT2D eigenvalue weighted by Gasteiger charge is 2.23. The summed E-state index contributed by atoms with van der Waals surface area (Å²) in [7, 11) is 1.64. The second-order valence-corrected chi connectivity index (χ2v) is 7.40. The van der Waals surface area contributed by atoms with E-state index in [0.29, 0.717) is 23.7 Å². The topological polar surface area (TPSA) is 121 Å². The van der Waals surface area contributed by atoms with E-state index < -0.39 is 0 Å². The van der Waals surface area contributed by atoms with E-state index in [9.17, 15) is 10.1 Å². The molecule has 1 fully saturated rings. The molecule has 1 aromatic carbocycles. The lowest BCUT2D eigenvalue weighted by Gasteiger charge is -2.36. The molecule has 0 bridgehead atoms. The third-order valence-electron chi connectivity index (χ3n) is 4.72. The van der Waals surface area contributed by atoms with Crippen LogP contribution in [0.5, 0.6) is 5.75 Å². The molecule has 3 rings (SSSR count). The smallest absolute Gasteiger partial charge is 0.289 e. The van der Waals surface area contributed by atoms with Crippen LogP contribution in [-0.2, 0) is 4.79 Å². The van der Waals surface area contributed by atoms with E-state index in [-0.39, 0.29) is 23.0 Å². The van der Waals surface area contributed by atoms with Gasteiger partial charge in [0.25, 0.3) is 5.82 Å². The average Bonchev–Trinajstić information content (AvgIpc) is 2.77. The van der Waals surface area contributed by atoms with Gasteiger partial charge in [0.05, 0.1) is 12.9 Å². The maximum atomic E-state index is 12.6. The molecule has 1 aliphatic rings. The number of aromatic nitrogens is 1. The molecule has 29 heavy (non-hydrogen) atoms. The van der Waals surface area contributed by atoms with Crippen LogP contribution in [0.2, 0.25) is 0 Å². The van der Waals surface area contributed by atoms with Crippen molar-refractivity contribution in [3.8, 4) is 17.9 Å². The molecule has 1 amide bonds. The molecular formula is C20H21N6O2S+. The summed E-state index contributed by atoms with van der Waals surface area (Å²) < 4.78 is 5.19. The summed E-state index contributed by atoms with van der Waals surface area (Å²) in [6.45, 7) is 2.77. The zero-order valence-corrected chi connectivity index (χ0v) is 16.8. The molecule has 0 unspecified atom stereocenters. The fraction of sp³-hybridized carbons (Fsp3) is 0.300. The molecule has 0 atom stereocenters. The van der Waals surface area contributed by atoms with E-state index in [1.54, 1.807) is 7.11 Å². The van der Waals surface area contributed by atoms with Crippen LogP contribution in [0.4, 0.5) is 11.5 Å². The van der Waals surface area contributed by atoms with E-state index >= 15 is 0 Å². The lowest BCUT2D eigenvalue weighted by molar-refractivity contribution is -0.410. The molecule has 1 aliphatic heterocycles. The lowest BCUT2D eigenvalue weighted by atomic mass is 10.2. The van der Waals surface area contributed by atoms with E-state index in [1.165, 1.54) is 17.8 Å². The number of rotatable bonds is 5. The number of nitrogens with two attached hydrogens (primary N) is 1. The Labute approximate surface area is 173 Å². The number of H-pyrrole nitrogens is 1. The minimum Gasteiger partial charge on any atom is -0.497 e. The Hall–Kier alpha value is -3.43. The van der Waals surface area contributed by atoms with Crippen molar-refractivity contribution in [3.05, 3.63) is 41.5 Å². The number of carbonyl (C=O) groups excluding carboxylic acids is 1. The van der Waals surface area contributed by atoms with Crippen molar-refractivity contribution in [2.75, 3.05) is 49.7 Å². The second-order valence-electron chi connectivity index (χ2n) is 6.42. The molecule has 2 aromatic rings. The first-order valence-corrected chi connectivity index (χ1v) is 10.00. The maximum absolute atomic E-state index is 12.6. The highest BCUT2D eigenvalue weighted by atomic mass is 32.2. The van der Waals surface area contributed by atoms with Gasteiger partial charge in [-0.15, -0.1) is 0 Å². The first-order valence-electron chi connectivity index (χ1n) is 9.01. The number of carbonyl (C=O) groups is 1. The summed E-state index contributed by atoms with van der Waals surface area (Å²) in [5.74, 6) is 1.20. The van der Waals surface area contributed by atoms with Crippen LogP contribution < -0.4 is 20.4 Å². The van der Waals surface area contributed by atoms with Gasteiger partial charge in [-0.25, -0.2) is 4.98 Å². The van der Waals surface area contributed by atoms with Crippen LogP contribution >= 0.6 is 11.8 Å². The fourth-order valence-electron chi connectivity index (χ4n) is 3.07. The van der Waals surface area contributed by atoms with Gasteiger partial charge in [0.2, 0.25) is 5.91 Å². The fourth-order valence-corrected chi connectivity index (χ4v) is 3.96. The number of piperazine rings is 1. The van der Waals surface area contributed by atoms with Gasteiger partial charge in [0.1, 0.15) is 29.0 Å². The number of nitrogens with one attached hydrogen (secondary N) is 1. The highest BCUT2D eigenvalue weighted by molar-refractivity contribution is 7.99. The Morgan fingerprint density at radius 1 is 1.17 bits per heavy atom. The number of nitriles is 2. The summed E-state index contributed by atoms with van der Waals surface area (Å²) in [5, 5.41) is 18.8. The second kappa shape index (κ2) is 9.18. The van der Waals surface area contributed by atoms with E-state index in [2.05, 4.69) is 9.88 Å². The Morgan fingerprint density at radius 2 is 1.83 bits per heavy atom. The SMILES string of the molecule is COc1ccc(N2CCN(C(=O)CSc3[nH+]c(N)c(C#N)cc3C#N)CC2)cc1. The van der Waals surface area contributed by atoms with Gasteiger partial charge in [-0.1, -0.05) is 11.8 Å². The van der Waals surface area contributed by atoms with Crippen LogP contribution in [0.3, 0.4) is 0 Å². The molecule has 3 N–H and O–H groups in total. The zero-order chi connectivity index (χ0) is 20.8. The number of nitrogen functional groups attached to an aromatic ring is 1. The van der Waals surface area contributed by atoms with Crippen molar-refractivity contribution in [2.24, 2.45) is 0 Å². The molecule has 148 valence electrons. The average molecular weight is 409 g/mol. The van der Waals surface area contributed by atoms with Gasteiger partial charge < -0.3 is 14.5 Å². The molecule has 2 heterocycles. The van der Waals surface area contributed by atoms with Crippen molar-refractivity contribution < 1.29 is 14.5 Å². The van der Waals surface area contributed by atoms with Crippen molar-refractivity contribution in [3.63, 3.8) is 0 Å². The Morgan fingerprint density at radius 3 is 2.41 bits per heavy atom. The Bertz CT molecular complexity index is 972. The van der Waals surface area contributed by atoms with Gasteiger partial charge in [0, 0.05) is 31.9 Å². The third kappa shape index (κ3) is 4.71. The van der Waals surface area contributed by atoms with Crippen molar-refractivity contribution >= 4 is 29.2 Å². The number of hydrogen-bond acceptors (Lipinski definition) is 7. The highest BCUT2D eigenvalue weighted by Crippen LogP contribution is 2.23. The van der Waals surface area contributed by atoms with Crippen molar-refractivity contribution in [1.82, 2.24) is 4.90 Å². The van der Waals surface area contributed by atoms with E-state index in [0.717, 1.165) is 24.5 Å². The number of aromatic amines is 1. The predicted octanol–water partition coefficient (Wildman–Crippen LogP) is 1.28. The number of amides is 1. The Kier molecular flexibility index (Phi) is 6.43. The van der Waals surface area contributed by atoms with Crippen LogP contribution in [-0.4, -0.2) is 49.8 Å². The van der Waals surface area contributed by atoms with Gasteiger partial charge in [0.15, 0.2) is 5.03 Å². The molecule has 1 aromatic heterocycles. The molecule has 9 heteroatoms. The van der Waals surface area contributed by atoms with Crippen LogP contribution in [0, 0.1) is 22.7 Å². The maximum Gasteiger partial charge on any atom is 0.289 e. The standard InChI is InChI=1S/C20H20N6O2S/c1-28-17-4-2-16(3-5-17)25-6-8-26(9-7-25)18(27)13-29-20-15(12-22)10-14(11-21)19(23)24-20/h2-5,10H,6-9,13H2,1H3,(H2,23,24)/p+1. The predicted molar refractivity (Wildman–Crippen MR) is 109 cm³/mol. The monoisotopic (exact) mass is 409 g/mol. The minimum absolute atomic E-state index is 0.00426. The molecule has 0 spiro atoms. The number of nitrogens with zero attached hydrogens (tertiary/aromatic N) is 4. The number of anilines is 2. The number of pyridine rings is 1. The minimum atomic E-state index is 0.00426. The van der Waals surface area contributed by atoms with Crippen molar-refractivity contribution in [1.29, 1.82) is 10.5 Å². The quantitative estimate of drug-likeness (QED) is 0.738. The number of hydrogen-bond donors (Lipinski definition) is 1. The third-order valence-corrected chi connectivity index (χ3v) is 5.72. The van der Waals surface area contributed by atoms with Crippen molar-refractivity contribution in [2.45, 2.75) is 5.03 Å². The number of benzene rings is 1. The van der Waals surface area contributed by atoms with Crippen LogP contribution in [0.1, 0.15) is 11.1 Å².